The molecule has 0 bridgehead atoms. The van der Waals surface area contributed by atoms with Crippen LogP contribution in [0.1, 0.15) is 25.3 Å². The fourth-order valence-electron chi connectivity index (χ4n) is 2.34. The van der Waals surface area contributed by atoms with Crippen molar-refractivity contribution in [3.63, 3.8) is 0 Å². The molecule has 1 unspecified atom stereocenters. The van der Waals surface area contributed by atoms with Crippen LogP contribution in [-0.2, 0) is 16.0 Å². The molecule has 0 aliphatic heterocycles. The van der Waals surface area contributed by atoms with Gasteiger partial charge in [-0.05, 0) is 34.9 Å². The first kappa shape index (κ1) is 15.8. The molecule has 22 heavy (non-hydrogen) atoms. The molecule has 0 heterocycles. The fraction of sp³-hybridized carbons (Fsp3) is 0.294. The molecule has 2 aromatic carbocycles. The number of hydrogen-bond acceptors (Lipinski definition) is 3. The zero-order valence-corrected chi connectivity index (χ0v) is 12.4. The molecule has 116 valence electrons. The first-order valence-electron chi connectivity index (χ1n) is 7.23. The van der Waals surface area contributed by atoms with Crippen LogP contribution in [0.5, 0.6) is 5.75 Å². The van der Waals surface area contributed by atoms with Crippen LogP contribution in [-0.4, -0.2) is 28.1 Å². The zero-order chi connectivity index (χ0) is 16.1. The number of phenols is 1. The van der Waals surface area contributed by atoms with Gasteiger partial charge in [0.05, 0.1) is 0 Å². The predicted octanol–water partition coefficient (Wildman–Crippen LogP) is 2.46. The third-order valence-electron chi connectivity index (χ3n) is 3.44. The number of benzene rings is 2. The molecular formula is C17H19NO4. The van der Waals surface area contributed by atoms with E-state index in [1.54, 1.807) is 18.2 Å². The number of rotatable bonds is 6. The summed E-state index contributed by atoms with van der Waals surface area (Å²) in [4.78, 5) is 22.9. The largest absolute Gasteiger partial charge is 0.508 e. The number of nitrogens with one attached hydrogen (secondary N) is 1. The van der Waals surface area contributed by atoms with Crippen molar-refractivity contribution >= 4 is 22.6 Å². The quantitative estimate of drug-likeness (QED) is 0.765. The van der Waals surface area contributed by atoms with Crippen LogP contribution in [0.4, 0.5) is 0 Å². The van der Waals surface area contributed by atoms with Crippen molar-refractivity contribution in [1.82, 2.24) is 5.32 Å². The van der Waals surface area contributed by atoms with Gasteiger partial charge in [-0.3, -0.25) is 4.79 Å². The van der Waals surface area contributed by atoms with Gasteiger partial charge in [0, 0.05) is 12.8 Å². The SMILES string of the molecule is CCCC(=O)NC(Cc1ccc2cc(O)ccc2c1)C(=O)O. The van der Waals surface area contributed by atoms with Gasteiger partial charge < -0.3 is 15.5 Å². The van der Waals surface area contributed by atoms with Crippen molar-refractivity contribution in [3.8, 4) is 5.75 Å². The number of fused-ring (bicyclic) bond motifs is 1. The Morgan fingerprint density at radius 1 is 1.14 bits per heavy atom. The summed E-state index contributed by atoms with van der Waals surface area (Å²) in [5, 5.41) is 23.0. The molecule has 0 fully saturated rings. The summed E-state index contributed by atoms with van der Waals surface area (Å²) in [6.45, 7) is 1.87. The van der Waals surface area contributed by atoms with E-state index in [2.05, 4.69) is 5.32 Å². The van der Waals surface area contributed by atoms with Crippen LogP contribution < -0.4 is 5.32 Å². The van der Waals surface area contributed by atoms with E-state index in [0.29, 0.717) is 12.8 Å². The number of phenolic OH excluding ortho intramolecular Hbond substituents is 1. The minimum Gasteiger partial charge on any atom is -0.508 e. The Balaban J connectivity index is 2.17. The van der Waals surface area contributed by atoms with Crippen LogP contribution in [0.3, 0.4) is 0 Å². The normalized spacial score (nSPS) is 12.0. The summed E-state index contributed by atoms with van der Waals surface area (Å²) in [6, 6.07) is 9.59. The second-order valence-corrected chi connectivity index (χ2v) is 5.28. The maximum absolute atomic E-state index is 11.6. The Morgan fingerprint density at radius 2 is 1.82 bits per heavy atom. The van der Waals surface area contributed by atoms with Gasteiger partial charge in [0.1, 0.15) is 11.8 Å². The Morgan fingerprint density at radius 3 is 2.50 bits per heavy atom. The highest BCUT2D eigenvalue weighted by atomic mass is 16.4. The molecule has 2 aromatic rings. The van der Waals surface area contributed by atoms with Crippen molar-refractivity contribution < 1.29 is 19.8 Å². The van der Waals surface area contributed by atoms with Gasteiger partial charge in [-0.25, -0.2) is 4.79 Å². The smallest absolute Gasteiger partial charge is 0.326 e. The maximum atomic E-state index is 11.6. The third-order valence-corrected chi connectivity index (χ3v) is 3.44. The zero-order valence-electron chi connectivity index (χ0n) is 12.4. The lowest BCUT2D eigenvalue weighted by Gasteiger charge is -2.15. The summed E-state index contributed by atoms with van der Waals surface area (Å²) in [5.74, 6) is -1.11. The summed E-state index contributed by atoms with van der Waals surface area (Å²) in [5.41, 5.74) is 0.822. The molecule has 1 amide bonds. The summed E-state index contributed by atoms with van der Waals surface area (Å²) >= 11 is 0. The molecule has 0 aromatic heterocycles. The molecule has 0 radical (unpaired) electrons. The highest BCUT2D eigenvalue weighted by molar-refractivity contribution is 5.86. The second kappa shape index (κ2) is 6.93. The highest BCUT2D eigenvalue weighted by Crippen LogP contribution is 2.21. The van der Waals surface area contributed by atoms with Gasteiger partial charge in [0.2, 0.25) is 5.91 Å². The Kier molecular flexibility index (Phi) is 4.99. The van der Waals surface area contributed by atoms with Crippen molar-refractivity contribution in [2.45, 2.75) is 32.2 Å². The van der Waals surface area contributed by atoms with E-state index < -0.39 is 12.0 Å². The molecule has 0 saturated heterocycles. The Hall–Kier alpha value is -2.56. The molecule has 5 nitrogen and oxygen atoms in total. The molecule has 0 aliphatic carbocycles. The standard InChI is InChI=1S/C17H19NO4/c1-2-3-16(20)18-15(17(21)22)9-11-4-5-13-10-14(19)7-6-12(13)8-11/h4-8,10,15,19H,2-3,9H2,1H3,(H,18,20)(H,21,22). The van der Waals surface area contributed by atoms with E-state index in [1.165, 1.54) is 0 Å². The van der Waals surface area contributed by atoms with Crippen molar-refractivity contribution in [3.05, 3.63) is 42.0 Å². The average molecular weight is 301 g/mol. The first-order valence-corrected chi connectivity index (χ1v) is 7.23. The van der Waals surface area contributed by atoms with E-state index in [-0.39, 0.29) is 18.1 Å². The van der Waals surface area contributed by atoms with Crippen LogP contribution >= 0.6 is 0 Å². The highest BCUT2D eigenvalue weighted by Gasteiger charge is 2.20. The maximum Gasteiger partial charge on any atom is 0.326 e. The lowest BCUT2D eigenvalue weighted by atomic mass is 10.0. The second-order valence-electron chi connectivity index (χ2n) is 5.28. The van der Waals surface area contributed by atoms with Crippen LogP contribution in [0.2, 0.25) is 0 Å². The molecule has 0 saturated carbocycles. The van der Waals surface area contributed by atoms with Crippen LogP contribution in [0, 0.1) is 0 Å². The number of aliphatic carboxylic acids is 1. The van der Waals surface area contributed by atoms with Crippen molar-refractivity contribution in [2.75, 3.05) is 0 Å². The number of hydrogen-bond donors (Lipinski definition) is 3. The summed E-state index contributed by atoms with van der Waals surface area (Å²) in [7, 11) is 0. The van der Waals surface area contributed by atoms with E-state index in [4.69, 9.17) is 0 Å². The van der Waals surface area contributed by atoms with E-state index in [0.717, 1.165) is 16.3 Å². The molecule has 1 atom stereocenters. The number of carbonyl (C=O) groups excluding carboxylic acids is 1. The Bertz CT molecular complexity index is 696. The molecular weight excluding hydrogens is 282 g/mol. The number of carbonyl (C=O) groups is 2. The van der Waals surface area contributed by atoms with Gasteiger partial charge in [-0.1, -0.05) is 31.2 Å². The summed E-state index contributed by atoms with van der Waals surface area (Å²) < 4.78 is 0. The number of carboxylic acids is 1. The minimum atomic E-state index is -1.05. The lowest BCUT2D eigenvalue weighted by molar-refractivity contribution is -0.141. The van der Waals surface area contributed by atoms with Gasteiger partial charge in [0.25, 0.3) is 0 Å². The molecule has 0 spiro atoms. The van der Waals surface area contributed by atoms with Crippen molar-refractivity contribution in [1.29, 1.82) is 0 Å². The molecule has 0 aliphatic rings. The number of carboxylic acid groups (broad SMARTS) is 1. The van der Waals surface area contributed by atoms with Gasteiger partial charge in [0.15, 0.2) is 0 Å². The predicted molar refractivity (Wildman–Crippen MR) is 83.8 cm³/mol. The fourth-order valence-corrected chi connectivity index (χ4v) is 2.34. The number of amides is 1. The van der Waals surface area contributed by atoms with Gasteiger partial charge >= 0.3 is 5.97 Å². The van der Waals surface area contributed by atoms with E-state index in [1.807, 2.05) is 25.1 Å². The van der Waals surface area contributed by atoms with Crippen molar-refractivity contribution in [2.24, 2.45) is 0 Å². The van der Waals surface area contributed by atoms with Crippen LogP contribution in [0.25, 0.3) is 10.8 Å². The summed E-state index contributed by atoms with van der Waals surface area (Å²) in [6.07, 6.45) is 1.22. The average Bonchev–Trinajstić information content (AvgIpc) is 2.47. The molecule has 2 rings (SSSR count). The van der Waals surface area contributed by atoms with E-state index in [9.17, 15) is 19.8 Å². The van der Waals surface area contributed by atoms with E-state index >= 15 is 0 Å². The molecule has 3 N–H and O–H groups in total. The third kappa shape index (κ3) is 3.97. The Labute approximate surface area is 128 Å². The van der Waals surface area contributed by atoms with Gasteiger partial charge in [-0.15, -0.1) is 0 Å². The van der Waals surface area contributed by atoms with Gasteiger partial charge in [-0.2, -0.15) is 0 Å². The van der Waals surface area contributed by atoms with Crippen LogP contribution in [0.15, 0.2) is 36.4 Å². The monoisotopic (exact) mass is 301 g/mol. The number of aromatic hydroxyl groups is 1. The first-order chi connectivity index (χ1) is 10.5. The minimum absolute atomic E-state index is 0.190. The molecule has 5 heteroatoms. The topological polar surface area (TPSA) is 86.6 Å². The lowest BCUT2D eigenvalue weighted by Crippen LogP contribution is -2.42.